The maximum absolute atomic E-state index is 12.1. The first-order chi connectivity index (χ1) is 10.5. The van der Waals surface area contributed by atoms with Crippen LogP contribution in [0.5, 0.6) is 0 Å². The highest BCUT2D eigenvalue weighted by atomic mass is 16.3. The molecular formula is C19H26O3. The molecule has 120 valence electrons. The van der Waals surface area contributed by atoms with Crippen LogP contribution in [0.15, 0.2) is 33.5 Å². The molecular weight excluding hydrogens is 276 g/mol. The Labute approximate surface area is 132 Å². The lowest BCUT2D eigenvalue weighted by Gasteiger charge is -2.09. The predicted molar refractivity (Wildman–Crippen MR) is 87.2 cm³/mol. The lowest BCUT2D eigenvalue weighted by atomic mass is 9.96. The van der Waals surface area contributed by atoms with Crippen LogP contribution in [0.3, 0.4) is 0 Å². The van der Waals surface area contributed by atoms with Gasteiger partial charge < -0.3 is 8.83 Å². The van der Waals surface area contributed by atoms with Crippen LogP contribution in [0.2, 0.25) is 0 Å². The van der Waals surface area contributed by atoms with E-state index >= 15 is 0 Å². The van der Waals surface area contributed by atoms with Gasteiger partial charge in [0.15, 0.2) is 0 Å². The molecule has 0 fully saturated rings. The number of furan rings is 2. The molecule has 0 saturated carbocycles. The zero-order chi connectivity index (χ0) is 16.1. The number of rotatable bonds is 8. The molecule has 0 aliphatic rings. The van der Waals surface area contributed by atoms with Crippen LogP contribution in [-0.4, -0.2) is 5.78 Å². The summed E-state index contributed by atoms with van der Waals surface area (Å²) in [5.74, 6) is 2.87. The largest absolute Gasteiger partial charge is 0.469 e. The predicted octanol–water partition coefficient (Wildman–Crippen LogP) is 5.53. The van der Waals surface area contributed by atoms with Crippen LogP contribution >= 0.6 is 0 Å². The molecule has 3 heteroatoms. The van der Waals surface area contributed by atoms with Crippen molar-refractivity contribution in [2.45, 2.75) is 65.2 Å². The minimum Gasteiger partial charge on any atom is -0.469 e. The van der Waals surface area contributed by atoms with E-state index < -0.39 is 0 Å². The van der Waals surface area contributed by atoms with Gasteiger partial charge in [-0.3, -0.25) is 4.79 Å². The van der Waals surface area contributed by atoms with Crippen LogP contribution in [0.25, 0.3) is 0 Å². The number of aryl methyl sites for hydroxylation is 2. The van der Waals surface area contributed by atoms with Gasteiger partial charge in [0, 0.05) is 24.7 Å². The second-order valence-corrected chi connectivity index (χ2v) is 6.47. The van der Waals surface area contributed by atoms with Gasteiger partial charge in [0.25, 0.3) is 0 Å². The number of hydrogen-bond acceptors (Lipinski definition) is 3. The summed E-state index contributed by atoms with van der Waals surface area (Å²) >= 11 is 0. The van der Waals surface area contributed by atoms with Gasteiger partial charge in [0.05, 0.1) is 12.5 Å². The Balaban J connectivity index is 1.71. The molecule has 3 nitrogen and oxygen atoms in total. The molecule has 22 heavy (non-hydrogen) atoms. The molecule has 0 saturated heterocycles. The highest BCUT2D eigenvalue weighted by Crippen LogP contribution is 2.25. The molecule has 2 aromatic rings. The van der Waals surface area contributed by atoms with E-state index in [2.05, 4.69) is 26.0 Å². The van der Waals surface area contributed by atoms with Gasteiger partial charge in [-0.15, -0.1) is 0 Å². The summed E-state index contributed by atoms with van der Waals surface area (Å²) in [6.45, 7) is 8.25. The quantitative estimate of drug-likeness (QED) is 0.644. The molecule has 0 bridgehead atoms. The molecule has 0 spiro atoms. The molecule has 0 aromatic carbocycles. The standard InChI is InChI=1S/C19H26O3/c1-13-9-18(21-11-13)15(3)5-7-17(20)8-6-16(4)19-10-14(2)12-22-19/h9-12,15-16H,5-8H2,1-4H3. The summed E-state index contributed by atoms with van der Waals surface area (Å²) in [4.78, 5) is 12.1. The third-order valence-electron chi connectivity index (χ3n) is 4.19. The van der Waals surface area contributed by atoms with Gasteiger partial charge in [-0.2, -0.15) is 0 Å². The molecule has 2 heterocycles. The second kappa shape index (κ2) is 7.48. The topological polar surface area (TPSA) is 43.4 Å². The number of Topliss-reactive ketones (excluding diaryl/α,β-unsaturated/α-hetero) is 1. The number of ketones is 1. The first-order valence-electron chi connectivity index (χ1n) is 8.07. The number of hydrogen-bond donors (Lipinski definition) is 0. The van der Waals surface area contributed by atoms with Crippen molar-refractivity contribution in [2.24, 2.45) is 0 Å². The third kappa shape index (κ3) is 4.62. The molecule has 2 rings (SSSR count). The van der Waals surface area contributed by atoms with E-state index in [1.807, 2.05) is 13.8 Å². The zero-order valence-electron chi connectivity index (χ0n) is 14.0. The number of carbonyl (C=O) groups excluding carboxylic acids is 1. The third-order valence-corrected chi connectivity index (χ3v) is 4.19. The summed E-state index contributed by atoms with van der Waals surface area (Å²) in [7, 11) is 0. The van der Waals surface area contributed by atoms with Gasteiger partial charge in [-0.1, -0.05) is 13.8 Å². The van der Waals surface area contributed by atoms with Crippen molar-refractivity contribution in [1.29, 1.82) is 0 Å². The van der Waals surface area contributed by atoms with Crippen LogP contribution in [-0.2, 0) is 4.79 Å². The smallest absolute Gasteiger partial charge is 0.132 e. The van der Waals surface area contributed by atoms with Crippen molar-refractivity contribution in [2.75, 3.05) is 0 Å². The Bertz CT molecular complexity index is 553. The maximum atomic E-state index is 12.1. The average molecular weight is 302 g/mol. The lowest BCUT2D eigenvalue weighted by molar-refractivity contribution is -0.119. The van der Waals surface area contributed by atoms with Crippen LogP contribution in [0, 0.1) is 13.8 Å². The second-order valence-electron chi connectivity index (χ2n) is 6.47. The highest BCUT2D eigenvalue weighted by Gasteiger charge is 2.15. The van der Waals surface area contributed by atoms with E-state index in [0.717, 1.165) is 35.5 Å². The van der Waals surface area contributed by atoms with Crippen molar-refractivity contribution in [3.05, 3.63) is 47.3 Å². The van der Waals surface area contributed by atoms with E-state index in [1.165, 1.54) is 0 Å². The highest BCUT2D eigenvalue weighted by molar-refractivity contribution is 5.78. The molecule has 2 atom stereocenters. The van der Waals surface area contributed by atoms with Gasteiger partial charge in [-0.25, -0.2) is 0 Å². The Hall–Kier alpha value is -1.77. The first kappa shape index (κ1) is 16.6. The fourth-order valence-corrected chi connectivity index (χ4v) is 2.59. The fraction of sp³-hybridized carbons (Fsp3) is 0.526. The SMILES string of the molecule is Cc1coc(C(C)CCC(=O)CCC(C)c2cc(C)co2)c1. The Kier molecular flexibility index (Phi) is 5.64. The summed E-state index contributed by atoms with van der Waals surface area (Å²) < 4.78 is 11.0. The van der Waals surface area contributed by atoms with Gasteiger partial charge in [0.1, 0.15) is 17.3 Å². The Morgan fingerprint density at radius 3 is 1.64 bits per heavy atom. The molecule has 0 N–H and O–H groups in total. The average Bonchev–Trinajstić information content (AvgIpc) is 3.10. The first-order valence-corrected chi connectivity index (χ1v) is 8.07. The Morgan fingerprint density at radius 1 is 0.909 bits per heavy atom. The zero-order valence-corrected chi connectivity index (χ0v) is 14.0. The monoisotopic (exact) mass is 302 g/mol. The van der Waals surface area contributed by atoms with Crippen molar-refractivity contribution < 1.29 is 13.6 Å². The van der Waals surface area contributed by atoms with Crippen molar-refractivity contribution in [3.63, 3.8) is 0 Å². The minimum absolute atomic E-state index is 0.294. The fourth-order valence-electron chi connectivity index (χ4n) is 2.59. The summed E-state index contributed by atoms with van der Waals surface area (Å²) in [5.41, 5.74) is 2.27. The molecule has 0 aliphatic heterocycles. The normalized spacial score (nSPS) is 14.0. The van der Waals surface area contributed by atoms with Crippen LogP contribution in [0.4, 0.5) is 0 Å². The Morgan fingerprint density at radius 2 is 1.32 bits per heavy atom. The molecule has 2 aromatic heterocycles. The summed E-state index contributed by atoms with van der Waals surface area (Å²) in [6, 6.07) is 4.10. The summed E-state index contributed by atoms with van der Waals surface area (Å²) in [5, 5.41) is 0. The molecule has 0 amide bonds. The van der Waals surface area contributed by atoms with Gasteiger partial charge >= 0.3 is 0 Å². The van der Waals surface area contributed by atoms with Crippen molar-refractivity contribution in [3.8, 4) is 0 Å². The van der Waals surface area contributed by atoms with Crippen molar-refractivity contribution >= 4 is 5.78 Å². The van der Waals surface area contributed by atoms with E-state index in [4.69, 9.17) is 8.83 Å². The van der Waals surface area contributed by atoms with Gasteiger partial charge in [0.2, 0.25) is 0 Å². The van der Waals surface area contributed by atoms with Gasteiger partial charge in [-0.05, 0) is 49.9 Å². The lowest BCUT2D eigenvalue weighted by Crippen LogP contribution is -2.03. The number of carbonyl (C=O) groups is 1. The molecule has 0 aliphatic carbocycles. The maximum Gasteiger partial charge on any atom is 0.132 e. The van der Waals surface area contributed by atoms with Crippen LogP contribution < -0.4 is 0 Å². The summed E-state index contributed by atoms with van der Waals surface area (Å²) in [6.07, 6.45) is 6.46. The van der Waals surface area contributed by atoms with Crippen molar-refractivity contribution in [1.82, 2.24) is 0 Å². The molecule has 2 unspecified atom stereocenters. The van der Waals surface area contributed by atoms with E-state index in [0.29, 0.717) is 30.5 Å². The van der Waals surface area contributed by atoms with E-state index in [-0.39, 0.29) is 0 Å². The minimum atomic E-state index is 0.294. The van der Waals surface area contributed by atoms with E-state index in [1.54, 1.807) is 12.5 Å². The van der Waals surface area contributed by atoms with Crippen LogP contribution in [0.1, 0.15) is 74.0 Å². The molecule has 0 radical (unpaired) electrons. The van der Waals surface area contributed by atoms with E-state index in [9.17, 15) is 4.79 Å².